The van der Waals surface area contributed by atoms with Crippen LogP contribution in [0.25, 0.3) is 0 Å². The lowest BCUT2D eigenvalue weighted by Crippen LogP contribution is -2.34. The molecule has 0 aliphatic rings. The van der Waals surface area contributed by atoms with Crippen LogP contribution in [0.15, 0.2) is 12.3 Å². The molecule has 1 amide bonds. The van der Waals surface area contributed by atoms with Crippen molar-refractivity contribution in [1.82, 2.24) is 4.98 Å². The molecule has 1 rings (SSSR count). The van der Waals surface area contributed by atoms with E-state index in [4.69, 9.17) is 11.5 Å². The summed E-state index contributed by atoms with van der Waals surface area (Å²) in [6.45, 7) is 0. The number of amides is 1. The Morgan fingerprint density at radius 2 is 1.94 bits per heavy atom. The highest BCUT2D eigenvalue weighted by molar-refractivity contribution is 5.79. The number of aliphatic hydroxyl groups is 2. The van der Waals surface area contributed by atoms with Crippen molar-refractivity contribution in [3.63, 3.8) is 0 Å². The molecule has 2 unspecified atom stereocenters. The molecular weight excluding hydrogens is 255 g/mol. The Bertz CT molecular complexity index is 464. The Kier molecular flexibility index (Phi) is 3.77. The molecule has 0 aliphatic heterocycles. The molecule has 6 nitrogen and oxygen atoms in total. The number of alkyl halides is 3. The molecule has 0 spiro atoms. The van der Waals surface area contributed by atoms with Crippen LogP contribution in [0.4, 0.5) is 19.0 Å². The van der Waals surface area contributed by atoms with Crippen LogP contribution in [0.2, 0.25) is 0 Å². The van der Waals surface area contributed by atoms with Gasteiger partial charge in [0.15, 0.2) is 6.10 Å². The van der Waals surface area contributed by atoms with E-state index in [1.54, 1.807) is 0 Å². The van der Waals surface area contributed by atoms with Crippen LogP contribution in [0.3, 0.4) is 0 Å². The Labute approximate surface area is 99.0 Å². The minimum Gasteiger partial charge on any atom is -0.385 e. The molecule has 0 radical (unpaired) electrons. The fourth-order valence-corrected chi connectivity index (χ4v) is 1.21. The summed E-state index contributed by atoms with van der Waals surface area (Å²) in [5.41, 5.74) is 8.30. The molecule has 6 N–H and O–H groups in total. The van der Waals surface area contributed by atoms with Crippen molar-refractivity contribution in [2.24, 2.45) is 5.73 Å². The Balaban J connectivity index is 3.20. The number of aliphatic hydroxyl groups excluding tert-OH is 2. The number of anilines is 1. The number of hydrogen-bond donors (Lipinski definition) is 4. The Morgan fingerprint density at radius 1 is 1.39 bits per heavy atom. The van der Waals surface area contributed by atoms with Crippen LogP contribution >= 0.6 is 0 Å². The molecule has 0 bridgehead atoms. The molecule has 2 atom stereocenters. The maximum absolute atomic E-state index is 12.4. The number of carbonyl (C=O) groups excluding carboxylic acids is 1. The first kappa shape index (κ1) is 14.2. The van der Waals surface area contributed by atoms with Gasteiger partial charge in [-0.15, -0.1) is 0 Å². The van der Waals surface area contributed by atoms with Crippen molar-refractivity contribution in [3.05, 3.63) is 23.4 Å². The van der Waals surface area contributed by atoms with E-state index >= 15 is 0 Å². The van der Waals surface area contributed by atoms with E-state index in [1.807, 2.05) is 0 Å². The van der Waals surface area contributed by atoms with Crippen molar-refractivity contribution in [1.29, 1.82) is 0 Å². The summed E-state index contributed by atoms with van der Waals surface area (Å²) in [6, 6.07) is 0.499. The summed E-state index contributed by atoms with van der Waals surface area (Å²) in [6.07, 6.45) is -8.26. The minimum atomic E-state index is -4.69. The van der Waals surface area contributed by atoms with Crippen molar-refractivity contribution < 1.29 is 28.2 Å². The van der Waals surface area contributed by atoms with Gasteiger partial charge in [0.2, 0.25) is 5.91 Å². The highest BCUT2D eigenvalue weighted by Crippen LogP contribution is 2.32. The first-order chi connectivity index (χ1) is 8.14. The van der Waals surface area contributed by atoms with Crippen LogP contribution in [-0.2, 0) is 11.0 Å². The van der Waals surface area contributed by atoms with Gasteiger partial charge in [-0.05, 0) is 6.07 Å². The number of aromatic nitrogens is 1. The molecule has 1 heterocycles. The second-order valence-electron chi connectivity index (χ2n) is 3.49. The van der Waals surface area contributed by atoms with E-state index < -0.39 is 41.2 Å². The van der Waals surface area contributed by atoms with Gasteiger partial charge in [-0.25, -0.2) is 4.98 Å². The van der Waals surface area contributed by atoms with E-state index in [-0.39, 0.29) is 0 Å². The molecule has 9 heteroatoms. The maximum Gasteiger partial charge on any atom is 0.417 e. The van der Waals surface area contributed by atoms with Gasteiger partial charge in [-0.3, -0.25) is 4.79 Å². The average Bonchev–Trinajstić information content (AvgIpc) is 2.26. The zero-order chi connectivity index (χ0) is 14.1. The second-order valence-corrected chi connectivity index (χ2v) is 3.49. The summed E-state index contributed by atoms with van der Waals surface area (Å²) in [4.78, 5) is 13.9. The highest BCUT2D eigenvalue weighted by Gasteiger charge is 2.34. The van der Waals surface area contributed by atoms with Crippen LogP contribution < -0.4 is 11.5 Å². The molecular formula is C9H10F3N3O3. The van der Waals surface area contributed by atoms with Gasteiger partial charge >= 0.3 is 6.18 Å². The number of nitrogen functional groups attached to an aromatic ring is 1. The molecule has 0 aromatic carbocycles. The monoisotopic (exact) mass is 265 g/mol. The van der Waals surface area contributed by atoms with Crippen LogP contribution in [0, 0.1) is 0 Å². The molecule has 0 saturated carbocycles. The molecule has 0 saturated heterocycles. The van der Waals surface area contributed by atoms with Gasteiger partial charge in [0, 0.05) is 11.8 Å². The highest BCUT2D eigenvalue weighted by atomic mass is 19.4. The van der Waals surface area contributed by atoms with E-state index in [0.717, 1.165) is 0 Å². The molecule has 1 aromatic heterocycles. The van der Waals surface area contributed by atoms with Gasteiger partial charge in [0.25, 0.3) is 0 Å². The van der Waals surface area contributed by atoms with E-state index in [1.165, 1.54) is 0 Å². The fraction of sp³-hybridized carbons (Fsp3) is 0.333. The summed E-state index contributed by atoms with van der Waals surface area (Å²) >= 11 is 0. The summed E-state index contributed by atoms with van der Waals surface area (Å²) in [5.74, 6) is -1.73. The summed E-state index contributed by atoms with van der Waals surface area (Å²) in [7, 11) is 0. The van der Waals surface area contributed by atoms with Crippen molar-refractivity contribution in [3.8, 4) is 0 Å². The molecule has 1 aromatic rings. The van der Waals surface area contributed by atoms with Crippen molar-refractivity contribution in [2.45, 2.75) is 18.4 Å². The number of nitrogens with zero attached hydrogens (tertiary/aromatic N) is 1. The maximum atomic E-state index is 12.4. The number of rotatable bonds is 3. The fourth-order valence-electron chi connectivity index (χ4n) is 1.21. The zero-order valence-corrected chi connectivity index (χ0v) is 8.85. The minimum absolute atomic E-state index is 0.434. The first-order valence-electron chi connectivity index (χ1n) is 4.62. The third kappa shape index (κ3) is 2.87. The smallest absolute Gasteiger partial charge is 0.385 e. The predicted octanol–water partition coefficient (Wildman–Crippen LogP) is -0.438. The van der Waals surface area contributed by atoms with E-state index in [0.29, 0.717) is 12.3 Å². The van der Waals surface area contributed by atoms with Crippen LogP contribution in [0.1, 0.15) is 17.2 Å². The number of primary amides is 1. The summed E-state index contributed by atoms with van der Waals surface area (Å²) in [5, 5.41) is 18.7. The number of carbonyl (C=O) groups is 1. The third-order valence-electron chi connectivity index (χ3n) is 2.19. The molecule has 0 aliphatic carbocycles. The largest absolute Gasteiger partial charge is 0.417 e. The second kappa shape index (κ2) is 4.78. The summed E-state index contributed by atoms with van der Waals surface area (Å²) < 4.78 is 37.2. The van der Waals surface area contributed by atoms with Crippen molar-refractivity contribution >= 4 is 11.7 Å². The number of halogens is 3. The normalized spacial score (nSPS) is 15.2. The third-order valence-corrected chi connectivity index (χ3v) is 2.19. The topological polar surface area (TPSA) is 122 Å². The van der Waals surface area contributed by atoms with Gasteiger partial charge in [-0.2, -0.15) is 13.2 Å². The van der Waals surface area contributed by atoms with Crippen molar-refractivity contribution in [2.75, 3.05) is 5.73 Å². The van der Waals surface area contributed by atoms with E-state index in [9.17, 15) is 28.2 Å². The standard InChI is InChI=1S/C9H10F3N3O3/c10-9(11,12)3-1-4(7(13)15-2-3)5(16)6(17)8(14)18/h1-2,5-6,16-17H,(H2,13,15)(H2,14,18). The lowest BCUT2D eigenvalue weighted by Gasteiger charge is -2.17. The molecule has 0 fully saturated rings. The zero-order valence-electron chi connectivity index (χ0n) is 8.85. The Morgan fingerprint density at radius 3 is 2.39 bits per heavy atom. The SMILES string of the molecule is NC(=O)C(O)C(O)c1cc(C(F)(F)F)cnc1N. The van der Waals surface area contributed by atoms with Gasteiger partial charge in [0.05, 0.1) is 5.56 Å². The number of nitrogens with two attached hydrogens (primary N) is 2. The lowest BCUT2D eigenvalue weighted by atomic mass is 10.0. The van der Waals surface area contributed by atoms with Crippen LogP contribution in [0.5, 0.6) is 0 Å². The number of hydrogen-bond acceptors (Lipinski definition) is 5. The quantitative estimate of drug-likeness (QED) is 0.590. The van der Waals surface area contributed by atoms with Gasteiger partial charge in [0.1, 0.15) is 11.9 Å². The average molecular weight is 265 g/mol. The van der Waals surface area contributed by atoms with Gasteiger partial charge < -0.3 is 21.7 Å². The number of pyridine rings is 1. The predicted molar refractivity (Wildman–Crippen MR) is 53.8 cm³/mol. The van der Waals surface area contributed by atoms with Gasteiger partial charge in [-0.1, -0.05) is 0 Å². The Hall–Kier alpha value is -1.87. The molecule has 18 heavy (non-hydrogen) atoms. The first-order valence-corrected chi connectivity index (χ1v) is 4.62. The molecule has 100 valence electrons. The lowest BCUT2D eigenvalue weighted by molar-refractivity contribution is -0.138. The van der Waals surface area contributed by atoms with Crippen LogP contribution in [-0.4, -0.2) is 27.2 Å². The van der Waals surface area contributed by atoms with E-state index in [2.05, 4.69) is 4.98 Å².